The quantitative estimate of drug-likeness (QED) is 0.919. The first kappa shape index (κ1) is 15.4. The Kier molecular flexibility index (Phi) is 4.53. The van der Waals surface area contributed by atoms with Crippen molar-refractivity contribution in [1.82, 2.24) is 9.78 Å². The molecule has 1 aromatic heterocycles. The fourth-order valence-electron chi connectivity index (χ4n) is 2.35. The molecule has 2 N–H and O–H groups in total. The van der Waals surface area contributed by atoms with Gasteiger partial charge in [0.2, 0.25) is 0 Å². The van der Waals surface area contributed by atoms with E-state index < -0.39 is 0 Å². The molecule has 0 saturated heterocycles. The van der Waals surface area contributed by atoms with Crippen LogP contribution in [0.5, 0.6) is 11.5 Å². The van der Waals surface area contributed by atoms with Crippen LogP contribution in [0.15, 0.2) is 18.3 Å². The van der Waals surface area contributed by atoms with Gasteiger partial charge in [0.15, 0.2) is 11.5 Å². The van der Waals surface area contributed by atoms with Gasteiger partial charge in [0.1, 0.15) is 0 Å². The molecule has 0 atom stereocenters. The Morgan fingerprint density at radius 2 is 1.76 bits per heavy atom. The van der Waals surface area contributed by atoms with Crippen LogP contribution in [0.25, 0.3) is 11.1 Å². The van der Waals surface area contributed by atoms with Crippen molar-refractivity contribution in [3.8, 4) is 22.6 Å². The van der Waals surface area contributed by atoms with Crippen molar-refractivity contribution in [2.24, 2.45) is 5.73 Å². The van der Waals surface area contributed by atoms with Gasteiger partial charge < -0.3 is 15.2 Å². The highest BCUT2D eigenvalue weighted by Gasteiger charge is 2.16. The third-order valence-corrected chi connectivity index (χ3v) is 3.57. The number of hydrogen-bond acceptors (Lipinski definition) is 4. The third-order valence-electron chi connectivity index (χ3n) is 3.57. The van der Waals surface area contributed by atoms with Gasteiger partial charge in [0, 0.05) is 24.3 Å². The van der Waals surface area contributed by atoms with Gasteiger partial charge in [-0.1, -0.05) is 0 Å². The molecule has 1 aromatic carbocycles. The lowest BCUT2D eigenvalue weighted by atomic mass is 9.99. The molecule has 2 aromatic rings. The molecule has 5 nitrogen and oxygen atoms in total. The average molecular weight is 289 g/mol. The van der Waals surface area contributed by atoms with E-state index in [1.807, 2.05) is 23.7 Å². The molecule has 2 rings (SSSR count). The van der Waals surface area contributed by atoms with Gasteiger partial charge in [-0.3, -0.25) is 4.68 Å². The van der Waals surface area contributed by atoms with Crippen molar-refractivity contribution in [1.29, 1.82) is 0 Å². The summed E-state index contributed by atoms with van der Waals surface area (Å²) in [7, 11) is 3.26. The molecular weight excluding hydrogens is 266 g/mol. The van der Waals surface area contributed by atoms with E-state index in [1.165, 1.54) is 0 Å². The van der Waals surface area contributed by atoms with Gasteiger partial charge in [-0.25, -0.2) is 0 Å². The van der Waals surface area contributed by atoms with Crippen molar-refractivity contribution < 1.29 is 9.47 Å². The molecule has 0 aliphatic carbocycles. The number of nitrogens with zero attached hydrogens (tertiary/aromatic N) is 2. The Labute approximate surface area is 125 Å². The number of hydrogen-bond donors (Lipinski definition) is 1. The van der Waals surface area contributed by atoms with Crippen molar-refractivity contribution in [2.75, 3.05) is 14.2 Å². The molecule has 114 valence electrons. The second-order valence-electron chi connectivity index (χ2n) is 5.27. The first-order valence-corrected chi connectivity index (χ1v) is 7.02. The number of rotatable bonds is 5. The lowest BCUT2D eigenvalue weighted by molar-refractivity contribution is 0.354. The van der Waals surface area contributed by atoms with Gasteiger partial charge in [-0.05, 0) is 44.0 Å². The molecular formula is C16H23N3O2. The topological polar surface area (TPSA) is 62.3 Å². The second kappa shape index (κ2) is 6.18. The molecule has 0 bridgehead atoms. The van der Waals surface area contributed by atoms with Gasteiger partial charge >= 0.3 is 0 Å². The lowest BCUT2D eigenvalue weighted by Crippen LogP contribution is -2.02. The van der Waals surface area contributed by atoms with Crippen molar-refractivity contribution >= 4 is 0 Å². The smallest absolute Gasteiger partial charge is 0.161 e. The van der Waals surface area contributed by atoms with Gasteiger partial charge in [-0.15, -0.1) is 0 Å². The number of ether oxygens (including phenoxy) is 2. The van der Waals surface area contributed by atoms with Crippen LogP contribution in [-0.2, 0) is 6.54 Å². The largest absolute Gasteiger partial charge is 0.493 e. The Hall–Kier alpha value is -2.01. The first-order chi connectivity index (χ1) is 10.0. The van der Waals surface area contributed by atoms with Crippen LogP contribution in [0.2, 0.25) is 0 Å². The maximum atomic E-state index is 5.90. The van der Waals surface area contributed by atoms with Crippen LogP contribution < -0.4 is 15.2 Å². The fraction of sp³-hybridized carbons (Fsp3) is 0.438. The predicted octanol–water partition coefficient (Wildman–Crippen LogP) is 2.92. The van der Waals surface area contributed by atoms with E-state index in [1.54, 1.807) is 14.2 Å². The maximum Gasteiger partial charge on any atom is 0.161 e. The summed E-state index contributed by atoms with van der Waals surface area (Å²) in [5, 5.41) is 4.56. The Balaban J connectivity index is 2.62. The van der Waals surface area contributed by atoms with E-state index in [-0.39, 0.29) is 0 Å². The van der Waals surface area contributed by atoms with Crippen molar-refractivity contribution in [3.63, 3.8) is 0 Å². The van der Waals surface area contributed by atoms with Gasteiger partial charge in [0.05, 0.1) is 19.9 Å². The van der Waals surface area contributed by atoms with Crippen LogP contribution in [0.3, 0.4) is 0 Å². The molecule has 0 amide bonds. The van der Waals surface area contributed by atoms with Crippen LogP contribution in [-0.4, -0.2) is 24.0 Å². The van der Waals surface area contributed by atoms with E-state index in [9.17, 15) is 0 Å². The van der Waals surface area contributed by atoms with E-state index in [2.05, 4.69) is 25.1 Å². The minimum Gasteiger partial charge on any atom is -0.493 e. The molecule has 0 saturated carbocycles. The van der Waals surface area contributed by atoms with E-state index in [4.69, 9.17) is 15.2 Å². The molecule has 0 radical (unpaired) electrons. The average Bonchev–Trinajstić information content (AvgIpc) is 2.87. The van der Waals surface area contributed by atoms with Gasteiger partial charge in [0.25, 0.3) is 0 Å². The normalized spacial score (nSPS) is 11.0. The van der Waals surface area contributed by atoms with E-state index >= 15 is 0 Å². The van der Waals surface area contributed by atoms with Crippen LogP contribution in [0.4, 0.5) is 0 Å². The number of aromatic nitrogens is 2. The summed E-state index contributed by atoms with van der Waals surface area (Å²) in [6.45, 7) is 6.65. The highest BCUT2D eigenvalue weighted by atomic mass is 16.5. The summed E-state index contributed by atoms with van der Waals surface area (Å²) < 4.78 is 12.7. The molecule has 0 aliphatic rings. The minimum absolute atomic E-state index is 0.318. The summed E-state index contributed by atoms with van der Waals surface area (Å²) in [4.78, 5) is 0. The summed E-state index contributed by atoms with van der Waals surface area (Å²) in [5.41, 5.74) is 10.0. The Bertz CT molecular complexity index is 633. The maximum absolute atomic E-state index is 5.90. The molecule has 0 aliphatic heterocycles. The van der Waals surface area contributed by atoms with E-state index in [0.717, 1.165) is 22.4 Å². The molecule has 0 unspecified atom stereocenters. The van der Waals surface area contributed by atoms with Crippen LogP contribution >= 0.6 is 0 Å². The third kappa shape index (κ3) is 2.88. The summed E-state index contributed by atoms with van der Waals surface area (Å²) >= 11 is 0. The standard InChI is InChI=1S/C16H23N3O2/c1-10(2)19-9-14(11(3)18-19)13-7-16(21-5)15(20-4)6-12(13)8-17/h6-7,9-10H,8,17H2,1-5H3. The summed E-state index contributed by atoms with van der Waals surface area (Å²) in [6.07, 6.45) is 2.06. The lowest BCUT2D eigenvalue weighted by Gasteiger charge is -2.13. The highest BCUT2D eigenvalue weighted by molar-refractivity contribution is 5.72. The molecule has 5 heteroatoms. The zero-order valence-electron chi connectivity index (χ0n) is 13.3. The number of benzene rings is 1. The fourth-order valence-corrected chi connectivity index (χ4v) is 2.35. The minimum atomic E-state index is 0.318. The molecule has 0 fully saturated rings. The summed E-state index contributed by atoms with van der Waals surface area (Å²) in [6, 6.07) is 4.22. The van der Waals surface area contributed by atoms with Crippen molar-refractivity contribution in [3.05, 3.63) is 29.6 Å². The first-order valence-electron chi connectivity index (χ1n) is 7.02. The zero-order chi connectivity index (χ0) is 15.6. The molecule has 21 heavy (non-hydrogen) atoms. The van der Waals surface area contributed by atoms with Crippen molar-refractivity contribution in [2.45, 2.75) is 33.4 Å². The Morgan fingerprint density at radius 1 is 1.14 bits per heavy atom. The monoisotopic (exact) mass is 289 g/mol. The van der Waals surface area contributed by atoms with Gasteiger partial charge in [-0.2, -0.15) is 5.10 Å². The van der Waals surface area contributed by atoms with Crippen LogP contribution in [0, 0.1) is 6.92 Å². The second-order valence-corrected chi connectivity index (χ2v) is 5.27. The summed E-state index contributed by atoms with van der Waals surface area (Å²) in [5.74, 6) is 1.39. The zero-order valence-corrected chi connectivity index (χ0v) is 13.3. The molecule has 1 heterocycles. The SMILES string of the molecule is COc1cc(CN)c(-c2cn(C(C)C)nc2C)cc1OC. The van der Waals surface area contributed by atoms with E-state index in [0.29, 0.717) is 24.1 Å². The number of aryl methyl sites for hydroxylation is 1. The number of methoxy groups -OCH3 is 2. The molecule has 0 spiro atoms. The highest BCUT2D eigenvalue weighted by Crippen LogP contribution is 2.36. The predicted molar refractivity (Wildman–Crippen MR) is 83.8 cm³/mol. The number of nitrogens with two attached hydrogens (primary N) is 1. The van der Waals surface area contributed by atoms with Crippen LogP contribution in [0.1, 0.15) is 31.1 Å². The Morgan fingerprint density at radius 3 is 2.24 bits per heavy atom.